The Balaban J connectivity index is 0.00000132. The second kappa shape index (κ2) is 9.73. The van der Waals surface area contributed by atoms with Gasteiger partial charge in [0.15, 0.2) is 0 Å². The number of hydrogen-bond acceptors (Lipinski definition) is 5. The molecule has 3 aromatic rings. The van der Waals surface area contributed by atoms with Crippen molar-refractivity contribution in [1.82, 2.24) is 15.3 Å². The van der Waals surface area contributed by atoms with E-state index in [4.69, 9.17) is 9.72 Å². The smallest absolute Gasteiger partial charge is 0.240 e. The second-order valence-corrected chi connectivity index (χ2v) is 7.58. The van der Waals surface area contributed by atoms with Crippen molar-refractivity contribution < 1.29 is 9.53 Å². The predicted molar refractivity (Wildman–Crippen MR) is 128 cm³/mol. The number of H-pyrrole nitrogens is 1. The summed E-state index contributed by atoms with van der Waals surface area (Å²) in [6.07, 6.45) is 0.347. The summed E-state index contributed by atoms with van der Waals surface area (Å²) in [5.41, 5.74) is 5.75. The van der Waals surface area contributed by atoms with Crippen molar-refractivity contribution in [2.24, 2.45) is 5.92 Å². The number of carbonyl (C=O) groups excluding carboxylic acids is 1. The van der Waals surface area contributed by atoms with Crippen LogP contribution in [0.25, 0.3) is 22.2 Å². The van der Waals surface area contributed by atoms with Crippen molar-refractivity contribution in [3.05, 3.63) is 36.0 Å². The van der Waals surface area contributed by atoms with Crippen molar-refractivity contribution in [1.29, 1.82) is 0 Å². The Bertz CT molecular complexity index is 1060. The average molecular weight is 424 g/mol. The predicted octanol–water partition coefficient (Wildman–Crippen LogP) is 4.55. The molecule has 1 aromatic carbocycles. The Hall–Kier alpha value is -3.22. The first-order valence-electron chi connectivity index (χ1n) is 10.9. The van der Waals surface area contributed by atoms with E-state index in [1.165, 1.54) is 5.39 Å². The van der Waals surface area contributed by atoms with E-state index in [0.29, 0.717) is 18.8 Å². The van der Waals surface area contributed by atoms with Gasteiger partial charge in [0.25, 0.3) is 0 Å². The Morgan fingerprint density at radius 1 is 1.16 bits per heavy atom. The number of nitrogens with zero attached hydrogens (tertiary/aromatic N) is 1. The molecule has 7 nitrogen and oxygen atoms in total. The molecule has 2 aromatic heterocycles. The number of hydrogen-bond donors (Lipinski definition) is 4. The van der Waals surface area contributed by atoms with Crippen LogP contribution in [0.1, 0.15) is 32.9 Å². The van der Waals surface area contributed by atoms with Crippen LogP contribution < -0.4 is 20.7 Å². The van der Waals surface area contributed by atoms with Crippen molar-refractivity contribution in [3.8, 4) is 17.1 Å². The normalized spacial score (nSPS) is 16.3. The standard InChI is InChI=1S/C22H27N5O2.C2H6/c1-12-7-14-5-6-15(8-17(14)26-12)18-10-19(23-3)21(24-4)22(27-18)29-13(2)16-9-20(28)25-11-16;1-2/h5-8,10,13,16,24,26H,9,11H2,1-4H3,(H,23,27)(H,25,28);1-2H3. The third-order valence-corrected chi connectivity index (χ3v) is 5.53. The van der Waals surface area contributed by atoms with Gasteiger partial charge in [0, 0.05) is 49.8 Å². The molecule has 2 atom stereocenters. The van der Waals surface area contributed by atoms with Crippen LogP contribution in [0, 0.1) is 12.8 Å². The first-order valence-corrected chi connectivity index (χ1v) is 10.9. The van der Waals surface area contributed by atoms with Gasteiger partial charge in [0.1, 0.15) is 11.8 Å². The van der Waals surface area contributed by atoms with Crippen molar-refractivity contribution in [2.45, 2.75) is 40.2 Å². The molecule has 7 heteroatoms. The number of pyridine rings is 1. The number of anilines is 2. The number of fused-ring (bicyclic) bond motifs is 1. The van der Waals surface area contributed by atoms with E-state index < -0.39 is 0 Å². The molecule has 0 bridgehead atoms. The highest BCUT2D eigenvalue weighted by Gasteiger charge is 2.29. The van der Waals surface area contributed by atoms with Crippen LogP contribution in [0.15, 0.2) is 30.3 Å². The number of ether oxygens (including phenoxy) is 1. The van der Waals surface area contributed by atoms with Gasteiger partial charge in [-0.1, -0.05) is 26.0 Å². The number of benzene rings is 1. The zero-order valence-corrected chi connectivity index (χ0v) is 19.2. The van der Waals surface area contributed by atoms with Crippen molar-refractivity contribution in [2.75, 3.05) is 31.3 Å². The molecule has 1 amide bonds. The number of carbonyl (C=O) groups is 1. The fourth-order valence-electron chi connectivity index (χ4n) is 3.86. The number of aryl methyl sites for hydroxylation is 1. The summed E-state index contributed by atoms with van der Waals surface area (Å²) in [6.45, 7) is 8.68. The summed E-state index contributed by atoms with van der Waals surface area (Å²) in [4.78, 5) is 19.8. The molecule has 31 heavy (non-hydrogen) atoms. The minimum absolute atomic E-state index is 0.0754. The molecular weight excluding hydrogens is 390 g/mol. The van der Waals surface area contributed by atoms with Crippen LogP contribution in [0.2, 0.25) is 0 Å². The molecule has 1 fully saturated rings. The highest BCUT2D eigenvalue weighted by atomic mass is 16.5. The van der Waals surface area contributed by atoms with Crippen LogP contribution in [-0.4, -0.2) is 42.6 Å². The lowest BCUT2D eigenvalue weighted by atomic mass is 10.0. The molecule has 166 valence electrons. The lowest BCUT2D eigenvalue weighted by Crippen LogP contribution is -2.26. The zero-order chi connectivity index (χ0) is 22.5. The van der Waals surface area contributed by atoms with E-state index in [1.54, 1.807) is 0 Å². The quantitative estimate of drug-likeness (QED) is 0.467. The number of aromatic nitrogens is 2. The van der Waals surface area contributed by atoms with Gasteiger partial charge in [-0.25, -0.2) is 4.98 Å². The molecule has 2 unspecified atom stereocenters. The lowest BCUT2D eigenvalue weighted by molar-refractivity contribution is -0.119. The lowest BCUT2D eigenvalue weighted by Gasteiger charge is -2.22. The Morgan fingerprint density at radius 2 is 1.94 bits per heavy atom. The topological polar surface area (TPSA) is 91.1 Å². The van der Waals surface area contributed by atoms with E-state index in [1.807, 2.05) is 40.9 Å². The first kappa shape index (κ1) is 22.5. The van der Waals surface area contributed by atoms with Crippen LogP contribution in [-0.2, 0) is 4.79 Å². The molecule has 0 spiro atoms. The van der Waals surface area contributed by atoms with Crippen molar-refractivity contribution >= 4 is 28.2 Å². The Morgan fingerprint density at radius 3 is 2.58 bits per heavy atom. The van der Waals surface area contributed by atoms with Gasteiger partial charge >= 0.3 is 0 Å². The maximum Gasteiger partial charge on any atom is 0.240 e. The third-order valence-electron chi connectivity index (χ3n) is 5.53. The maximum absolute atomic E-state index is 11.6. The van der Waals surface area contributed by atoms with E-state index in [2.05, 4.69) is 52.1 Å². The first-order chi connectivity index (χ1) is 15.0. The number of amides is 1. The van der Waals surface area contributed by atoms with Gasteiger partial charge in [-0.05, 0) is 37.4 Å². The van der Waals surface area contributed by atoms with Gasteiger partial charge < -0.3 is 25.7 Å². The Labute approximate surface area is 184 Å². The number of rotatable bonds is 6. The van der Waals surface area contributed by atoms with E-state index in [0.717, 1.165) is 33.8 Å². The van der Waals surface area contributed by atoms with Crippen LogP contribution in [0.4, 0.5) is 11.4 Å². The molecule has 0 aliphatic carbocycles. The van der Waals surface area contributed by atoms with E-state index in [9.17, 15) is 4.79 Å². The van der Waals surface area contributed by atoms with Gasteiger partial charge in [0.05, 0.1) is 11.4 Å². The zero-order valence-electron chi connectivity index (χ0n) is 19.2. The fourth-order valence-corrected chi connectivity index (χ4v) is 3.86. The average Bonchev–Trinajstić information content (AvgIpc) is 3.38. The van der Waals surface area contributed by atoms with Gasteiger partial charge in [-0.15, -0.1) is 0 Å². The number of aromatic amines is 1. The number of nitrogens with one attached hydrogen (secondary N) is 4. The largest absolute Gasteiger partial charge is 0.473 e. The van der Waals surface area contributed by atoms with Gasteiger partial charge in [-0.2, -0.15) is 0 Å². The molecule has 4 N–H and O–H groups in total. The third kappa shape index (κ3) is 4.76. The molecule has 3 heterocycles. The van der Waals surface area contributed by atoms with Crippen LogP contribution >= 0.6 is 0 Å². The second-order valence-electron chi connectivity index (χ2n) is 7.58. The molecule has 1 saturated heterocycles. The molecule has 1 aliphatic rings. The van der Waals surface area contributed by atoms with Gasteiger partial charge in [0.2, 0.25) is 11.8 Å². The molecule has 0 radical (unpaired) electrons. The summed E-state index contributed by atoms with van der Waals surface area (Å²) in [5, 5.41) is 10.5. The fraction of sp³-hybridized carbons (Fsp3) is 0.417. The Kier molecular flexibility index (Phi) is 7.05. The summed E-state index contributed by atoms with van der Waals surface area (Å²) >= 11 is 0. The van der Waals surface area contributed by atoms with Crippen LogP contribution in [0.5, 0.6) is 5.88 Å². The minimum Gasteiger partial charge on any atom is -0.473 e. The SMILES string of the molecule is CC.CNc1cc(-c2ccc3cc(C)[nH]c3c2)nc(OC(C)C2CNC(=O)C2)c1NC. The van der Waals surface area contributed by atoms with Crippen molar-refractivity contribution in [3.63, 3.8) is 0 Å². The van der Waals surface area contributed by atoms with E-state index in [-0.39, 0.29) is 17.9 Å². The summed E-state index contributed by atoms with van der Waals surface area (Å²) in [6, 6.07) is 10.4. The summed E-state index contributed by atoms with van der Waals surface area (Å²) in [5.74, 6) is 0.740. The highest BCUT2D eigenvalue weighted by molar-refractivity contribution is 5.86. The maximum atomic E-state index is 11.6. The summed E-state index contributed by atoms with van der Waals surface area (Å²) in [7, 11) is 3.73. The van der Waals surface area contributed by atoms with E-state index >= 15 is 0 Å². The molecule has 0 saturated carbocycles. The monoisotopic (exact) mass is 423 g/mol. The van der Waals surface area contributed by atoms with Gasteiger partial charge in [-0.3, -0.25) is 4.79 Å². The summed E-state index contributed by atoms with van der Waals surface area (Å²) < 4.78 is 6.25. The van der Waals surface area contributed by atoms with Crippen LogP contribution in [0.3, 0.4) is 0 Å². The molecular formula is C24H33N5O2. The molecule has 1 aliphatic heterocycles. The highest BCUT2D eigenvalue weighted by Crippen LogP contribution is 2.36. The molecule has 4 rings (SSSR count). The minimum atomic E-state index is -0.137.